The Kier molecular flexibility index (Phi) is 13.7. The number of cyclic esters (lactones) is 1. The van der Waals surface area contributed by atoms with Gasteiger partial charge in [-0.25, -0.2) is 4.79 Å². The lowest BCUT2D eigenvalue weighted by Gasteiger charge is -2.49. The van der Waals surface area contributed by atoms with Gasteiger partial charge in [-0.2, -0.15) is 0 Å². The van der Waals surface area contributed by atoms with Gasteiger partial charge in [0, 0.05) is 36.0 Å². The Morgan fingerprint density at radius 2 is 1.65 bits per heavy atom. The van der Waals surface area contributed by atoms with Gasteiger partial charge in [-0.1, -0.05) is 90.8 Å². The third kappa shape index (κ3) is 9.51. The molecule has 4 N–H and O–H groups in total. The number of ether oxygens (including phenoxy) is 3. The molecule has 43 heavy (non-hydrogen) atoms. The van der Waals surface area contributed by atoms with Crippen LogP contribution in [0.2, 0.25) is 0 Å². The van der Waals surface area contributed by atoms with Crippen molar-refractivity contribution in [3.63, 3.8) is 0 Å². The molecule has 0 aromatic carbocycles. The largest absolute Gasteiger partial charge is 0.490 e. The van der Waals surface area contributed by atoms with Crippen LogP contribution < -0.4 is 0 Å². The van der Waals surface area contributed by atoms with E-state index in [1.165, 1.54) is 7.11 Å². The highest BCUT2D eigenvalue weighted by atomic mass is 16.6. The Hall–Kier alpha value is -1.97. The maximum absolute atomic E-state index is 13.4. The fourth-order valence-corrected chi connectivity index (χ4v) is 6.61. The minimum absolute atomic E-state index is 0.00775. The first-order valence-electron chi connectivity index (χ1n) is 15.9. The summed E-state index contributed by atoms with van der Waals surface area (Å²) in [6, 6.07) is 0. The average Bonchev–Trinajstić information content (AvgIpc) is 2.93. The van der Waals surface area contributed by atoms with Gasteiger partial charge in [-0.05, 0) is 38.2 Å². The summed E-state index contributed by atoms with van der Waals surface area (Å²) in [5, 5.41) is 44.9. The monoisotopic (exact) mass is 606 g/mol. The van der Waals surface area contributed by atoms with Gasteiger partial charge in [0.25, 0.3) is 0 Å². The molecule has 0 bridgehead atoms. The van der Waals surface area contributed by atoms with Crippen molar-refractivity contribution in [2.24, 2.45) is 41.4 Å². The first-order chi connectivity index (χ1) is 19.9. The second-order valence-corrected chi connectivity index (χ2v) is 13.7. The molecule has 0 saturated carbocycles. The van der Waals surface area contributed by atoms with Crippen molar-refractivity contribution < 1.29 is 39.4 Å². The van der Waals surface area contributed by atoms with E-state index in [9.17, 15) is 25.2 Å². The topological polar surface area (TPSA) is 126 Å². The molecule has 2 heterocycles. The molecule has 246 valence electrons. The molecular weight excluding hydrogens is 548 g/mol. The third-order valence-electron chi connectivity index (χ3n) is 9.53. The maximum Gasteiger partial charge on any atom is 0.373 e. The molecule has 0 aromatic rings. The van der Waals surface area contributed by atoms with Crippen LogP contribution in [0.4, 0.5) is 0 Å². The lowest BCUT2D eigenvalue weighted by molar-refractivity contribution is -0.328. The van der Waals surface area contributed by atoms with Crippen LogP contribution in [-0.4, -0.2) is 69.8 Å². The Bertz CT molecular complexity index is 1040. The third-order valence-corrected chi connectivity index (χ3v) is 9.53. The maximum atomic E-state index is 13.4. The summed E-state index contributed by atoms with van der Waals surface area (Å²) in [5.41, 5.74) is 1.86. The number of allylic oxidation sites excluding steroid dienone is 5. The smallest absolute Gasteiger partial charge is 0.373 e. The molecule has 0 aliphatic carbocycles. The predicted molar refractivity (Wildman–Crippen MR) is 169 cm³/mol. The van der Waals surface area contributed by atoms with Gasteiger partial charge in [0.2, 0.25) is 5.76 Å². The zero-order chi connectivity index (χ0) is 32.8. The Labute approximate surface area is 259 Å². The summed E-state index contributed by atoms with van der Waals surface area (Å²) >= 11 is 0. The van der Waals surface area contributed by atoms with Crippen molar-refractivity contribution in [2.45, 2.75) is 118 Å². The number of carbonyl (C=O) groups is 1. The summed E-state index contributed by atoms with van der Waals surface area (Å²) < 4.78 is 17.6. The number of esters is 1. The molecule has 2 aliphatic rings. The summed E-state index contributed by atoms with van der Waals surface area (Å²) in [6.45, 7) is 19.1. The highest BCUT2D eigenvalue weighted by molar-refractivity contribution is 5.87. The summed E-state index contributed by atoms with van der Waals surface area (Å²) in [7, 11) is 1.40. The molecule has 2 rings (SSSR count). The number of hydrogen-bond donors (Lipinski definition) is 4. The fourth-order valence-electron chi connectivity index (χ4n) is 6.61. The van der Waals surface area contributed by atoms with Crippen LogP contribution in [0.3, 0.4) is 0 Å². The normalized spacial score (nSPS) is 41.9. The van der Waals surface area contributed by atoms with E-state index >= 15 is 0 Å². The summed E-state index contributed by atoms with van der Waals surface area (Å²) in [6.07, 6.45) is 6.41. The van der Waals surface area contributed by atoms with Crippen LogP contribution in [0.5, 0.6) is 0 Å². The van der Waals surface area contributed by atoms with Gasteiger partial charge in [-0.3, -0.25) is 0 Å². The number of rotatable bonds is 6. The van der Waals surface area contributed by atoms with Gasteiger partial charge in [0.1, 0.15) is 6.10 Å². The van der Waals surface area contributed by atoms with Crippen LogP contribution in [0.15, 0.2) is 47.3 Å². The zero-order valence-electron chi connectivity index (χ0n) is 28.2. The van der Waals surface area contributed by atoms with E-state index in [0.29, 0.717) is 0 Å². The lowest BCUT2D eigenvalue weighted by atomic mass is 9.75. The second kappa shape index (κ2) is 15.8. The standard InChI is InChI=1S/C35H58O8/c1-19(2)32-25(8)28(36)18-35(40,43-32)27(10)31(38)26(9)33-22(5)14-12-13-20(3)15-23(6)30(37)24(7)16-21(4)17-29(41-11)34(39)42-33/h12-14,16-17,19,22-28,30-33,36-38,40H,15,18H2,1-11H3/b14-12+,20-13+,21-16+,29-17-/t22-,23-,24+,25+,26-,27-,28+,30-,31+,32+,33-,35+/m0/s1. The van der Waals surface area contributed by atoms with E-state index in [4.69, 9.17) is 14.2 Å². The average molecular weight is 607 g/mol. The number of methoxy groups -OCH3 is 1. The van der Waals surface area contributed by atoms with Gasteiger partial charge in [0.15, 0.2) is 5.79 Å². The number of hydrogen-bond acceptors (Lipinski definition) is 8. The molecule has 0 aromatic heterocycles. The summed E-state index contributed by atoms with van der Waals surface area (Å²) in [5.74, 6) is -4.38. The molecule has 12 atom stereocenters. The minimum Gasteiger partial charge on any atom is -0.490 e. The number of aliphatic hydroxyl groups excluding tert-OH is 3. The van der Waals surface area contributed by atoms with Gasteiger partial charge >= 0.3 is 5.97 Å². The summed E-state index contributed by atoms with van der Waals surface area (Å²) in [4.78, 5) is 13.4. The Morgan fingerprint density at radius 1 is 1.02 bits per heavy atom. The molecule has 0 spiro atoms. The molecule has 0 radical (unpaired) electrons. The Balaban J connectivity index is 2.47. The van der Waals surface area contributed by atoms with Crippen molar-refractivity contribution >= 4 is 5.97 Å². The van der Waals surface area contributed by atoms with Crippen LogP contribution in [0.1, 0.15) is 82.1 Å². The van der Waals surface area contributed by atoms with E-state index in [0.717, 1.165) is 17.6 Å². The molecule has 8 nitrogen and oxygen atoms in total. The van der Waals surface area contributed by atoms with Crippen molar-refractivity contribution in [2.75, 3.05) is 7.11 Å². The first-order valence-corrected chi connectivity index (χ1v) is 15.9. The predicted octanol–water partition coefficient (Wildman–Crippen LogP) is 5.31. The van der Waals surface area contributed by atoms with E-state index < -0.39 is 48.0 Å². The molecule has 1 saturated heterocycles. The van der Waals surface area contributed by atoms with E-state index in [-0.39, 0.29) is 47.9 Å². The quantitative estimate of drug-likeness (QED) is 0.300. The Morgan fingerprint density at radius 3 is 2.23 bits per heavy atom. The number of carbonyl (C=O) groups excluding carboxylic acids is 1. The molecular formula is C35H58O8. The highest BCUT2D eigenvalue weighted by Crippen LogP contribution is 2.41. The number of aliphatic hydroxyl groups is 4. The molecule has 0 amide bonds. The minimum atomic E-state index is -1.76. The van der Waals surface area contributed by atoms with Gasteiger partial charge in [-0.15, -0.1) is 0 Å². The van der Waals surface area contributed by atoms with Crippen molar-refractivity contribution in [3.8, 4) is 0 Å². The van der Waals surface area contributed by atoms with Gasteiger partial charge < -0.3 is 34.6 Å². The lowest BCUT2D eigenvalue weighted by Crippen LogP contribution is -2.58. The SMILES string of the molecule is CO/C1=C\C(C)=C\[C@@H](C)[C@@H](O)[C@@H](C)C/C(C)=C/C=C/[C@H](C)[C@@H]([C@@H](C)[C@@H](O)[C@H](C)[C@@]2(O)C[C@@H](O)[C@@H](C)[C@@H](C(C)C)O2)OC1=O. The molecule has 1 fully saturated rings. The van der Waals surface area contributed by atoms with Crippen LogP contribution in [-0.2, 0) is 19.0 Å². The molecule has 8 heteroatoms. The highest BCUT2D eigenvalue weighted by Gasteiger charge is 2.51. The van der Waals surface area contributed by atoms with Crippen LogP contribution >= 0.6 is 0 Å². The van der Waals surface area contributed by atoms with Crippen LogP contribution in [0, 0.1) is 41.4 Å². The first kappa shape index (κ1) is 37.2. The van der Waals surface area contributed by atoms with E-state index in [1.54, 1.807) is 19.9 Å². The van der Waals surface area contributed by atoms with Crippen molar-refractivity contribution in [1.29, 1.82) is 0 Å². The van der Waals surface area contributed by atoms with Crippen LogP contribution in [0.25, 0.3) is 0 Å². The second-order valence-electron chi connectivity index (χ2n) is 13.7. The molecule has 2 aliphatic heterocycles. The van der Waals surface area contributed by atoms with E-state index in [1.807, 2.05) is 79.7 Å². The van der Waals surface area contributed by atoms with Gasteiger partial charge in [0.05, 0.1) is 31.5 Å². The van der Waals surface area contributed by atoms with E-state index in [2.05, 4.69) is 0 Å². The molecule has 0 unspecified atom stereocenters. The fraction of sp³-hybridized carbons (Fsp3) is 0.743. The van der Waals surface area contributed by atoms with Crippen molar-refractivity contribution in [1.82, 2.24) is 0 Å². The zero-order valence-corrected chi connectivity index (χ0v) is 28.2. The van der Waals surface area contributed by atoms with Crippen molar-refractivity contribution in [3.05, 3.63) is 47.3 Å².